The van der Waals surface area contributed by atoms with Gasteiger partial charge in [0.1, 0.15) is 0 Å². The summed E-state index contributed by atoms with van der Waals surface area (Å²) in [5.74, 6) is 1.44. The molecular weight excluding hydrogens is 256 g/mol. The minimum absolute atomic E-state index is 0.628. The summed E-state index contributed by atoms with van der Waals surface area (Å²) in [6.45, 7) is 12.6. The molecule has 0 radical (unpaired) electrons. The van der Waals surface area contributed by atoms with Crippen LogP contribution >= 0.6 is 11.8 Å². The lowest BCUT2D eigenvalue weighted by atomic mass is 9.99. The molecule has 0 aliphatic carbocycles. The number of aliphatic imine (C=N–C) groups is 1. The van der Waals surface area contributed by atoms with E-state index in [4.69, 9.17) is 4.74 Å². The second kappa shape index (κ2) is 9.65. The molecule has 0 aromatic rings. The molecular formula is C15H30N2OS. The Morgan fingerprint density at radius 1 is 1.37 bits per heavy atom. The lowest BCUT2D eigenvalue weighted by Crippen LogP contribution is -2.23. The number of nitrogens with one attached hydrogen (secondary N) is 1. The zero-order chi connectivity index (χ0) is 14.1. The summed E-state index contributed by atoms with van der Waals surface area (Å²) >= 11 is 1.93. The van der Waals surface area contributed by atoms with E-state index in [1.807, 2.05) is 11.8 Å². The Hall–Kier alpha value is -0.220. The Balaban J connectivity index is 2.05. The first kappa shape index (κ1) is 16.8. The van der Waals surface area contributed by atoms with Gasteiger partial charge < -0.3 is 10.1 Å². The first-order chi connectivity index (χ1) is 9.17. The smallest absolute Gasteiger partial charge is 0.156 e. The first-order valence-corrected chi connectivity index (χ1v) is 8.58. The molecule has 112 valence electrons. The van der Waals surface area contributed by atoms with E-state index in [2.05, 4.69) is 38.0 Å². The molecule has 3 nitrogen and oxygen atoms in total. The maximum Gasteiger partial charge on any atom is 0.156 e. The predicted molar refractivity (Wildman–Crippen MR) is 86.0 cm³/mol. The molecule has 0 aromatic heterocycles. The Bertz CT molecular complexity index is 265. The highest BCUT2D eigenvalue weighted by atomic mass is 32.2. The number of thioether (sulfide) groups is 1. The van der Waals surface area contributed by atoms with Crippen LogP contribution in [0.4, 0.5) is 0 Å². The van der Waals surface area contributed by atoms with Crippen LogP contribution < -0.4 is 5.32 Å². The molecule has 1 unspecified atom stereocenters. The van der Waals surface area contributed by atoms with E-state index >= 15 is 0 Å². The van der Waals surface area contributed by atoms with Crippen molar-refractivity contribution >= 4 is 16.9 Å². The van der Waals surface area contributed by atoms with Crippen molar-refractivity contribution in [1.82, 2.24) is 5.32 Å². The molecule has 1 aliphatic rings. The highest BCUT2D eigenvalue weighted by Gasteiger charge is 2.25. The van der Waals surface area contributed by atoms with E-state index in [1.54, 1.807) is 0 Å². The number of amidine groups is 1. The minimum atomic E-state index is 0.628. The second-order valence-electron chi connectivity index (χ2n) is 5.63. The molecule has 1 atom stereocenters. The lowest BCUT2D eigenvalue weighted by molar-refractivity contribution is 0.108. The molecule has 1 rings (SSSR count). The van der Waals surface area contributed by atoms with Gasteiger partial charge in [0.25, 0.3) is 0 Å². The van der Waals surface area contributed by atoms with Gasteiger partial charge in [0.15, 0.2) is 5.17 Å². The van der Waals surface area contributed by atoms with E-state index in [0.717, 1.165) is 43.8 Å². The van der Waals surface area contributed by atoms with Crippen molar-refractivity contribution < 1.29 is 4.74 Å². The van der Waals surface area contributed by atoms with Crippen molar-refractivity contribution in [2.45, 2.75) is 52.2 Å². The summed E-state index contributed by atoms with van der Waals surface area (Å²) in [6, 6.07) is 0. The lowest BCUT2D eigenvalue weighted by Gasteiger charge is -2.18. The van der Waals surface area contributed by atoms with Gasteiger partial charge >= 0.3 is 0 Å². The quantitative estimate of drug-likeness (QED) is 0.658. The van der Waals surface area contributed by atoms with E-state index in [9.17, 15) is 0 Å². The molecule has 0 saturated carbocycles. The first-order valence-electron chi connectivity index (χ1n) is 7.70. The summed E-state index contributed by atoms with van der Waals surface area (Å²) in [7, 11) is 0. The molecule has 1 aliphatic heterocycles. The third-order valence-electron chi connectivity index (χ3n) is 3.45. The second-order valence-corrected chi connectivity index (χ2v) is 6.86. The Labute approximate surface area is 123 Å². The minimum Gasteiger partial charge on any atom is -0.381 e. The molecule has 0 spiro atoms. The molecule has 1 heterocycles. The van der Waals surface area contributed by atoms with Crippen molar-refractivity contribution in [3.8, 4) is 0 Å². The maximum absolute atomic E-state index is 5.57. The Kier molecular flexibility index (Phi) is 8.55. The average molecular weight is 286 g/mol. The van der Waals surface area contributed by atoms with E-state index < -0.39 is 0 Å². The van der Waals surface area contributed by atoms with Gasteiger partial charge in [-0.1, -0.05) is 52.3 Å². The molecule has 0 bridgehead atoms. The fourth-order valence-corrected chi connectivity index (χ4v) is 3.58. The van der Waals surface area contributed by atoms with Gasteiger partial charge in [-0.15, -0.1) is 0 Å². The number of nitrogens with zero attached hydrogens (tertiary/aromatic N) is 1. The average Bonchev–Trinajstić information content (AvgIpc) is 2.83. The molecule has 0 amide bonds. The van der Waals surface area contributed by atoms with Crippen molar-refractivity contribution in [2.75, 3.05) is 26.3 Å². The Morgan fingerprint density at radius 3 is 2.74 bits per heavy atom. The summed E-state index contributed by atoms with van der Waals surface area (Å²) in [5.41, 5.74) is 0. The van der Waals surface area contributed by atoms with Gasteiger partial charge in [0.2, 0.25) is 0 Å². The van der Waals surface area contributed by atoms with E-state index in [0.29, 0.717) is 11.2 Å². The van der Waals surface area contributed by atoms with Gasteiger partial charge in [0.05, 0.1) is 6.54 Å². The molecule has 0 saturated heterocycles. The zero-order valence-electron chi connectivity index (χ0n) is 12.9. The van der Waals surface area contributed by atoms with Crippen LogP contribution in [0.15, 0.2) is 4.99 Å². The van der Waals surface area contributed by atoms with Crippen molar-refractivity contribution in [3.05, 3.63) is 0 Å². The number of hydrogen-bond acceptors (Lipinski definition) is 4. The molecule has 4 heteroatoms. The Morgan fingerprint density at radius 2 is 2.11 bits per heavy atom. The van der Waals surface area contributed by atoms with Crippen LogP contribution in [0.1, 0.15) is 47.0 Å². The van der Waals surface area contributed by atoms with Gasteiger partial charge in [-0.25, -0.2) is 0 Å². The van der Waals surface area contributed by atoms with Gasteiger partial charge in [-0.05, 0) is 18.3 Å². The largest absolute Gasteiger partial charge is 0.381 e. The molecule has 1 N–H and O–H groups in total. The van der Waals surface area contributed by atoms with Gasteiger partial charge in [-0.3, -0.25) is 4.99 Å². The predicted octanol–water partition coefficient (Wildman–Crippen LogP) is 3.55. The van der Waals surface area contributed by atoms with Crippen LogP contribution in [0.25, 0.3) is 0 Å². The monoisotopic (exact) mass is 286 g/mol. The van der Waals surface area contributed by atoms with Gasteiger partial charge in [-0.2, -0.15) is 0 Å². The molecule has 19 heavy (non-hydrogen) atoms. The SMILES string of the molecule is CCC(CC)C1CN=C(NCCCOCC(C)C)S1. The summed E-state index contributed by atoms with van der Waals surface area (Å²) in [4.78, 5) is 4.61. The van der Waals surface area contributed by atoms with Crippen molar-refractivity contribution in [1.29, 1.82) is 0 Å². The highest BCUT2D eigenvalue weighted by Crippen LogP contribution is 2.30. The van der Waals surface area contributed by atoms with Crippen LogP contribution in [0.2, 0.25) is 0 Å². The van der Waals surface area contributed by atoms with Crippen molar-refractivity contribution in [2.24, 2.45) is 16.8 Å². The number of ether oxygens (including phenoxy) is 1. The van der Waals surface area contributed by atoms with Crippen molar-refractivity contribution in [3.63, 3.8) is 0 Å². The molecule has 0 fully saturated rings. The topological polar surface area (TPSA) is 33.6 Å². The van der Waals surface area contributed by atoms with Crippen LogP contribution in [-0.2, 0) is 4.74 Å². The summed E-state index contributed by atoms with van der Waals surface area (Å²) < 4.78 is 5.57. The maximum atomic E-state index is 5.57. The van der Waals surface area contributed by atoms with Crippen LogP contribution in [-0.4, -0.2) is 36.7 Å². The van der Waals surface area contributed by atoms with Crippen LogP contribution in [0.3, 0.4) is 0 Å². The standard InChI is InChI=1S/C15H30N2OS/c1-5-13(6-2)14-10-17-15(19-14)16-8-7-9-18-11-12(3)4/h12-14H,5-11H2,1-4H3,(H,16,17). The fourth-order valence-electron chi connectivity index (χ4n) is 2.24. The fraction of sp³-hybridized carbons (Fsp3) is 0.933. The summed E-state index contributed by atoms with van der Waals surface area (Å²) in [5, 5.41) is 5.26. The van der Waals surface area contributed by atoms with E-state index in [1.165, 1.54) is 12.8 Å². The van der Waals surface area contributed by atoms with Crippen LogP contribution in [0, 0.1) is 11.8 Å². The number of rotatable bonds is 9. The summed E-state index contributed by atoms with van der Waals surface area (Å²) in [6.07, 6.45) is 3.59. The third-order valence-corrected chi connectivity index (χ3v) is 4.78. The normalized spacial score (nSPS) is 19.3. The third kappa shape index (κ3) is 6.66. The molecule has 0 aromatic carbocycles. The van der Waals surface area contributed by atoms with E-state index in [-0.39, 0.29) is 0 Å². The van der Waals surface area contributed by atoms with Gasteiger partial charge in [0, 0.05) is 25.0 Å². The van der Waals surface area contributed by atoms with Crippen LogP contribution in [0.5, 0.6) is 0 Å². The zero-order valence-corrected chi connectivity index (χ0v) is 13.8. The number of hydrogen-bond donors (Lipinski definition) is 1. The highest BCUT2D eigenvalue weighted by molar-refractivity contribution is 8.14.